The molecule has 1 heterocycles. The molecule has 0 bridgehead atoms. The number of carbonyl (C=O) groups excluding carboxylic acids is 1. The molecule has 1 aromatic carbocycles. The Morgan fingerprint density at radius 3 is 2.40 bits per heavy atom. The first-order valence-electron chi connectivity index (χ1n) is 8.49. The van der Waals surface area contributed by atoms with Gasteiger partial charge in [0.1, 0.15) is 12.3 Å². The average Bonchev–Trinajstić information content (AvgIpc) is 3.08. The lowest BCUT2D eigenvalue weighted by Gasteiger charge is -2.22. The molecule has 25 heavy (non-hydrogen) atoms. The fourth-order valence-corrected chi connectivity index (χ4v) is 2.45. The Labute approximate surface area is 148 Å². The molecule has 0 unspecified atom stereocenters. The Bertz CT molecular complexity index is 719. The molecule has 3 N–H and O–H groups in total. The predicted octanol–water partition coefficient (Wildman–Crippen LogP) is 2.54. The molecule has 1 amide bonds. The highest BCUT2D eigenvalue weighted by Crippen LogP contribution is 2.10. The molecule has 0 saturated heterocycles. The van der Waals surface area contributed by atoms with Crippen molar-refractivity contribution in [3.8, 4) is 0 Å². The Morgan fingerprint density at radius 1 is 1.16 bits per heavy atom. The minimum absolute atomic E-state index is 0.152. The van der Waals surface area contributed by atoms with Crippen LogP contribution in [0.1, 0.15) is 41.3 Å². The minimum atomic E-state index is -0.574. The Balaban J connectivity index is 2.04. The topological polar surface area (TPSA) is 83.9 Å². The highest BCUT2D eigenvalue weighted by molar-refractivity contribution is 5.89. The normalized spacial score (nSPS) is 11.4. The van der Waals surface area contributed by atoms with Crippen LogP contribution in [0.3, 0.4) is 0 Å². The summed E-state index contributed by atoms with van der Waals surface area (Å²) in [5, 5.41) is 3.27. The summed E-state index contributed by atoms with van der Waals surface area (Å²) in [5.41, 5.74) is 7.75. The van der Waals surface area contributed by atoms with Crippen molar-refractivity contribution in [1.29, 1.82) is 0 Å². The zero-order chi connectivity index (χ0) is 18.2. The number of aliphatic imine (C=N–C) groups is 1. The van der Waals surface area contributed by atoms with E-state index < -0.39 is 5.91 Å². The molecule has 0 aliphatic carbocycles. The van der Waals surface area contributed by atoms with Gasteiger partial charge in [-0.2, -0.15) is 0 Å². The van der Waals surface area contributed by atoms with Crippen molar-refractivity contribution in [2.45, 2.75) is 33.4 Å². The second kappa shape index (κ2) is 8.92. The van der Waals surface area contributed by atoms with Crippen LogP contribution in [0.5, 0.6) is 0 Å². The Hall–Kier alpha value is -2.76. The number of hydrogen-bond donors (Lipinski definition) is 2. The van der Waals surface area contributed by atoms with Crippen molar-refractivity contribution in [3.63, 3.8) is 0 Å². The lowest BCUT2D eigenvalue weighted by atomic mass is 10.1. The van der Waals surface area contributed by atoms with Gasteiger partial charge in [-0.3, -0.25) is 4.79 Å². The number of benzene rings is 1. The van der Waals surface area contributed by atoms with Crippen molar-refractivity contribution >= 4 is 11.9 Å². The summed E-state index contributed by atoms with van der Waals surface area (Å²) < 4.78 is 5.37. The summed E-state index contributed by atoms with van der Waals surface area (Å²) in [4.78, 5) is 17.7. The van der Waals surface area contributed by atoms with E-state index in [-0.39, 0.29) is 5.76 Å². The van der Waals surface area contributed by atoms with Crippen LogP contribution in [-0.4, -0.2) is 30.4 Å². The summed E-state index contributed by atoms with van der Waals surface area (Å²) in [6, 6.07) is 11.9. The third-order valence-corrected chi connectivity index (χ3v) is 3.84. The SMILES string of the molecule is CCNC(=NCc1ccc(C(N)=O)o1)N(C)Cc1ccc(CC)cc1. The van der Waals surface area contributed by atoms with Crippen LogP contribution in [0.2, 0.25) is 0 Å². The quantitative estimate of drug-likeness (QED) is 0.598. The predicted molar refractivity (Wildman–Crippen MR) is 99.3 cm³/mol. The van der Waals surface area contributed by atoms with Crippen LogP contribution in [0, 0.1) is 0 Å². The Kier molecular flexibility index (Phi) is 6.62. The first-order valence-corrected chi connectivity index (χ1v) is 8.49. The molecular formula is C19H26N4O2. The van der Waals surface area contributed by atoms with E-state index in [0.717, 1.165) is 25.5 Å². The number of nitrogens with one attached hydrogen (secondary N) is 1. The van der Waals surface area contributed by atoms with E-state index in [1.165, 1.54) is 11.1 Å². The van der Waals surface area contributed by atoms with Gasteiger partial charge < -0.3 is 20.4 Å². The maximum absolute atomic E-state index is 11.1. The van der Waals surface area contributed by atoms with Gasteiger partial charge in [0.15, 0.2) is 11.7 Å². The van der Waals surface area contributed by atoms with E-state index in [4.69, 9.17) is 10.2 Å². The van der Waals surface area contributed by atoms with Gasteiger partial charge in [0.05, 0.1) is 0 Å². The largest absolute Gasteiger partial charge is 0.454 e. The molecule has 0 aliphatic rings. The molecule has 6 heteroatoms. The zero-order valence-electron chi connectivity index (χ0n) is 15.1. The number of nitrogens with zero attached hydrogens (tertiary/aromatic N) is 2. The Morgan fingerprint density at radius 2 is 1.84 bits per heavy atom. The lowest BCUT2D eigenvalue weighted by Crippen LogP contribution is -2.38. The third-order valence-electron chi connectivity index (χ3n) is 3.84. The van der Waals surface area contributed by atoms with Crippen LogP contribution in [0.15, 0.2) is 45.8 Å². The number of amides is 1. The monoisotopic (exact) mass is 342 g/mol. The average molecular weight is 342 g/mol. The molecule has 0 aliphatic heterocycles. The number of aryl methyl sites for hydroxylation is 1. The van der Waals surface area contributed by atoms with Gasteiger partial charge in [-0.05, 0) is 36.6 Å². The maximum Gasteiger partial charge on any atom is 0.284 e. The summed E-state index contributed by atoms with van der Waals surface area (Å²) in [7, 11) is 1.99. The van der Waals surface area contributed by atoms with E-state index in [0.29, 0.717) is 12.3 Å². The number of guanidine groups is 1. The van der Waals surface area contributed by atoms with Crippen LogP contribution in [-0.2, 0) is 19.5 Å². The van der Waals surface area contributed by atoms with E-state index >= 15 is 0 Å². The van der Waals surface area contributed by atoms with Gasteiger partial charge in [-0.25, -0.2) is 4.99 Å². The second-order valence-electron chi connectivity index (χ2n) is 5.83. The van der Waals surface area contributed by atoms with Crippen LogP contribution in [0.25, 0.3) is 0 Å². The smallest absolute Gasteiger partial charge is 0.284 e. The number of primary amides is 1. The van der Waals surface area contributed by atoms with Crippen molar-refractivity contribution < 1.29 is 9.21 Å². The summed E-state index contributed by atoms with van der Waals surface area (Å²) >= 11 is 0. The van der Waals surface area contributed by atoms with Gasteiger partial charge in [-0.15, -0.1) is 0 Å². The lowest BCUT2D eigenvalue weighted by molar-refractivity contribution is 0.0972. The van der Waals surface area contributed by atoms with Crippen molar-refractivity contribution in [1.82, 2.24) is 10.2 Å². The molecule has 134 valence electrons. The number of rotatable bonds is 7. The van der Waals surface area contributed by atoms with E-state index in [9.17, 15) is 4.79 Å². The summed E-state index contributed by atoms with van der Waals surface area (Å²) in [6.45, 7) is 6.03. The highest BCUT2D eigenvalue weighted by Gasteiger charge is 2.09. The van der Waals surface area contributed by atoms with E-state index in [1.807, 2.05) is 14.0 Å². The van der Waals surface area contributed by atoms with Crippen LogP contribution < -0.4 is 11.1 Å². The van der Waals surface area contributed by atoms with Crippen molar-refractivity contribution in [2.24, 2.45) is 10.7 Å². The van der Waals surface area contributed by atoms with E-state index in [2.05, 4.69) is 46.4 Å². The fraction of sp³-hybridized carbons (Fsp3) is 0.368. The van der Waals surface area contributed by atoms with Crippen molar-refractivity contribution in [2.75, 3.05) is 13.6 Å². The molecule has 6 nitrogen and oxygen atoms in total. The number of furan rings is 1. The molecule has 0 spiro atoms. The first-order chi connectivity index (χ1) is 12.0. The molecule has 1 aromatic heterocycles. The van der Waals surface area contributed by atoms with Crippen LogP contribution >= 0.6 is 0 Å². The number of nitrogens with two attached hydrogens (primary N) is 1. The summed E-state index contributed by atoms with van der Waals surface area (Å²) in [5.74, 6) is 0.957. The van der Waals surface area contributed by atoms with Gasteiger partial charge in [0.2, 0.25) is 0 Å². The fourth-order valence-electron chi connectivity index (χ4n) is 2.45. The van der Waals surface area contributed by atoms with Gasteiger partial charge in [0, 0.05) is 20.1 Å². The number of carbonyl (C=O) groups is 1. The van der Waals surface area contributed by atoms with E-state index in [1.54, 1.807) is 12.1 Å². The van der Waals surface area contributed by atoms with Crippen molar-refractivity contribution in [3.05, 3.63) is 59.0 Å². The van der Waals surface area contributed by atoms with Gasteiger partial charge in [-0.1, -0.05) is 31.2 Å². The molecule has 0 saturated carbocycles. The van der Waals surface area contributed by atoms with Gasteiger partial charge in [0.25, 0.3) is 5.91 Å². The maximum atomic E-state index is 11.1. The second-order valence-corrected chi connectivity index (χ2v) is 5.83. The third kappa shape index (κ3) is 5.38. The molecule has 0 radical (unpaired) electrons. The summed E-state index contributed by atoms with van der Waals surface area (Å²) in [6.07, 6.45) is 1.04. The first kappa shape index (κ1) is 18.6. The standard InChI is InChI=1S/C19H26N4O2/c1-4-14-6-8-15(9-7-14)13-23(3)19(21-5-2)22-12-16-10-11-17(25-16)18(20)24/h6-11H,4-5,12-13H2,1-3H3,(H2,20,24)(H,21,22). The molecule has 0 fully saturated rings. The number of hydrogen-bond acceptors (Lipinski definition) is 3. The molecular weight excluding hydrogens is 316 g/mol. The van der Waals surface area contributed by atoms with Gasteiger partial charge >= 0.3 is 0 Å². The van der Waals surface area contributed by atoms with Crippen LogP contribution in [0.4, 0.5) is 0 Å². The molecule has 2 rings (SSSR count). The zero-order valence-corrected chi connectivity index (χ0v) is 15.1. The molecule has 0 atom stereocenters. The minimum Gasteiger partial charge on any atom is -0.454 e. The molecule has 2 aromatic rings. The highest BCUT2D eigenvalue weighted by atomic mass is 16.3.